The molecule has 0 radical (unpaired) electrons. The molecule has 1 aromatic heterocycles. The van der Waals surface area contributed by atoms with Gasteiger partial charge in [0.1, 0.15) is 0 Å². The van der Waals surface area contributed by atoms with Crippen molar-refractivity contribution in [1.82, 2.24) is 15.6 Å². The molecule has 0 spiro atoms. The van der Waals surface area contributed by atoms with Gasteiger partial charge in [-0.25, -0.2) is 4.98 Å². The molecule has 1 aromatic rings. The highest BCUT2D eigenvalue weighted by Crippen LogP contribution is 2.24. The zero-order chi connectivity index (χ0) is 15.4. The van der Waals surface area contributed by atoms with E-state index in [1.807, 2.05) is 20.8 Å². The lowest BCUT2D eigenvalue weighted by molar-refractivity contribution is -0.123. The molecule has 4 nitrogen and oxygen atoms in total. The fraction of sp³-hybridized carbons (Fsp3) is 0.750. The molecule has 1 aliphatic rings. The molecule has 118 valence electrons. The lowest BCUT2D eigenvalue weighted by Crippen LogP contribution is -2.47. The highest BCUT2D eigenvalue weighted by atomic mass is 32.1. The van der Waals surface area contributed by atoms with Crippen LogP contribution in [0.2, 0.25) is 0 Å². The molecule has 5 heteroatoms. The lowest BCUT2D eigenvalue weighted by Gasteiger charge is -2.26. The molecule has 1 fully saturated rings. The van der Waals surface area contributed by atoms with Crippen LogP contribution < -0.4 is 10.6 Å². The summed E-state index contributed by atoms with van der Waals surface area (Å²) < 4.78 is 0. The number of carbonyl (C=O) groups excluding carboxylic acids is 1. The van der Waals surface area contributed by atoms with E-state index in [0.717, 1.165) is 23.5 Å². The van der Waals surface area contributed by atoms with Crippen molar-refractivity contribution in [2.24, 2.45) is 0 Å². The molecule has 1 amide bonds. The first-order valence-electron chi connectivity index (χ1n) is 7.97. The Hall–Kier alpha value is -0.940. The smallest absolute Gasteiger partial charge is 0.237 e. The number of rotatable bonds is 5. The van der Waals surface area contributed by atoms with E-state index < -0.39 is 0 Å². The number of carbonyl (C=O) groups is 1. The number of nitrogens with zero attached hydrogens (tertiary/aromatic N) is 1. The molecule has 2 rings (SSSR count). The number of hydrogen-bond acceptors (Lipinski definition) is 4. The van der Waals surface area contributed by atoms with Gasteiger partial charge < -0.3 is 5.32 Å². The molecule has 1 aliphatic carbocycles. The molecule has 21 heavy (non-hydrogen) atoms. The standard InChI is InChI=1S/C16H27N3OS/c1-10(15-11(2)18-13(4)21-15)17-12(3)16(20)19-14-8-6-5-7-9-14/h10,12,14,17H,5-9H2,1-4H3,(H,19,20). The van der Waals surface area contributed by atoms with Crippen molar-refractivity contribution in [2.75, 3.05) is 0 Å². The summed E-state index contributed by atoms with van der Waals surface area (Å²) in [5, 5.41) is 7.66. The fourth-order valence-electron chi connectivity index (χ4n) is 3.05. The molecule has 1 heterocycles. The summed E-state index contributed by atoms with van der Waals surface area (Å²) in [5.41, 5.74) is 1.07. The van der Waals surface area contributed by atoms with Crippen LogP contribution in [0, 0.1) is 13.8 Å². The minimum atomic E-state index is -0.177. The van der Waals surface area contributed by atoms with E-state index in [-0.39, 0.29) is 18.0 Å². The second-order valence-electron chi connectivity index (χ2n) is 6.14. The minimum Gasteiger partial charge on any atom is -0.352 e. The Labute approximate surface area is 131 Å². The number of thiazole rings is 1. The maximum atomic E-state index is 12.3. The Morgan fingerprint density at radius 1 is 1.24 bits per heavy atom. The van der Waals surface area contributed by atoms with Gasteiger partial charge in [-0.3, -0.25) is 10.1 Å². The number of aryl methyl sites for hydroxylation is 2. The summed E-state index contributed by atoms with van der Waals surface area (Å²) in [4.78, 5) is 18.0. The first kappa shape index (κ1) is 16.4. The van der Waals surface area contributed by atoms with Crippen LogP contribution in [-0.2, 0) is 4.79 Å². The summed E-state index contributed by atoms with van der Waals surface area (Å²) in [6.07, 6.45) is 6.04. The Morgan fingerprint density at radius 2 is 1.90 bits per heavy atom. The van der Waals surface area contributed by atoms with E-state index in [0.29, 0.717) is 6.04 Å². The lowest BCUT2D eigenvalue weighted by atomic mass is 9.95. The van der Waals surface area contributed by atoms with E-state index in [4.69, 9.17) is 0 Å². The zero-order valence-corrected chi connectivity index (χ0v) is 14.3. The second-order valence-corrected chi connectivity index (χ2v) is 7.37. The van der Waals surface area contributed by atoms with E-state index in [9.17, 15) is 4.79 Å². The van der Waals surface area contributed by atoms with Gasteiger partial charge >= 0.3 is 0 Å². The molecule has 2 N–H and O–H groups in total. The van der Waals surface area contributed by atoms with Crippen molar-refractivity contribution in [3.8, 4) is 0 Å². The highest BCUT2D eigenvalue weighted by molar-refractivity contribution is 7.11. The van der Waals surface area contributed by atoms with Gasteiger partial charge in [0.2, 0.25) is 5.91 Å². The van der Waals surface area contributed by atoms with Gasteiger partial charge in [0, 0.05) is 17.0 Å². The van der Waals surface area contributed by atoms with Crippen LogP contribution in [0.4, 0.5) is 0 Å². The number of amides is 1. The first-order valence-corrected chi connectivity index (χ1v) is 8.79. The van der Waals surface area contributed by atoms with Crippen LogP contribution in [0.5, 0.6) is 0 Å². The van der Waals surface area contributed by atoms with Crippen LogP contribution in [0.3, 0.4) is 0 Å². The van der Waals surface area contributed by atoms with Crippen molar-refractivity contribution < 1.29 is 4.79 Å². The van der Waals surface area contributed by atoms with Gasteiger partial charge in [-0.2, -0.15) is 0 Å². The predicted octanol–water partition coefficient (Wildman–Crippen LogP) is 3.25. The second kappa shape index (κ2) is 7.36. The van der Waals surface area contributed by atoms with Crippen LogP contribution in [0.1, 0.15) is 67.6 Å². The SMILES string of the molecule is Cc1nc(C)c(C(C)NC(C)C(=O)NC2CCCCC2)s1. The fourth-order valence-corrected chi connectivity index (χ4v) is 3.99. The molecule has 2 unspecified atom stereocenters. The third kappa shape index (κ3) is 4.51. The van der Waals surface area contributed by atoms with E-state index in [2.05, 4.69) is 22.5 Å². The largest absolute Gasteiger partial charge is 0.352 e. The van der Waals surface area contributed by atoms with Crippen molar-refractivity contribution in [3.05, 3.63) is 15.6 Å². The van der Waals surface area contributed by atoms with E-state index >= 15 is 0 Å². The summed E-state index contributed by atoms with van der Waals surface area (Å²) in [6, 6.07) is 0.352. The Balaban J connectivity index is 1.86. The Kier molecular flexibility index (Phi) is 5.76. The van der Waals surface area contributed by atoms with Crippen LogP contribution in [0.15, 0.2) is 0 Å². The maximum Gasteiger partial charge on any atom is 0.237 e. The molecular formula is C16H27N3OS. The van der Waals surface area contributed by atoms with Gasteiger partial charge in [-0.05, 0) is 40.5 Å². The van der Waals surface area contributed by atoms with Crippen molar-refractivity contribution in [1.29, 1.82) is 0 Å². The van der Waals surface area contributed by atoms with Crippen LogP contribution in [-0.4, -0.2) is 23.0 Å². The summed E-state index contributed by atoms with van der Waals surface area (Å²) in [7, 11) is 0. The van der Waals surface area contributed by atoms with Gasteiger partial charge in [-0.1, -0.05) is 19.3 Å². The average molecular weight is 309 g/mol. The quantitative estimate of drug-likeness (QED) is 0.878. The summed E-state index contributed by atoms with van der Waals surface area (Å²) in [6.45, 7) is 8.10. The molecule has 0 aromatic carbocycles. The summed E-state index contributed by atoms with van der Waals surface area (Å²) in [5.74, 6) is 0.118. The van der Waals surface area contributed by atoms with E-state index in [1.165, 1.54) is 24.1 Å². The topological polar surface area (TPSA) is 54.0 Å². The zero-order valence-electron chi connectivity index (χ0n) is 13.5. The summed E-state index contributed by atoms with van der Waals surface area (Å²) >= 11 is 1.71. The van der Waals surface area contributed by atoms with Crippen molar-refractivity contribution in [2.45, 2.75) is 77.9 Å². The normalized spacial score (nSPS) is 19.2. The van der Waals surface area contributed by atoms with Crippen LogP contribution >= 0.6 is 11.3 Å². The third-order valence-corrected chi connectivity index (χ3v) is 5.43. The number of hydrogen-bond donors (Lipinski definition) is 2. The minimum absolute atomic E-state index is 0.118. The third-order valence-electron chi connectivity index (χ3n) is 4.18. The van der Waals surface area contributed by atoms with E-state index in [1.54, 1.807) is 11.3 Å². The molecular weight excluding hydrogens is 282 g/mol. The Bertz CT molecular complexity index is 480. The highest BCUT2D eigenvalue weighted by Gasteiger charge is 2.22. The first-order chi connectivity index (χ1) is 9.97. The van der Waals surface area contributed by atoms with Crippen molar-refractivity contribution in [3.63, 3.8) is 0 Å². The van der Waals surface area contributed by atoms with Gasteiger partial charge in [0.25, 0.3) is 0 Å². The van der Waals surface area contributed by atoms with Gasteiger partial charge in [-0.15, -0.1) is 11.3 Å². The molecule has 0 aliphatic heterocycles. The monoisotopic (exact) mass is 309 g/mol. The molecule has 2 atom stereocenters. The van der Waals surface area contributed by atoms with Crippen molar-refractivity contribution >= 4 is 17.2 Å². The maximum absolute atomic E-state index is 12.3. The molecule has 0 bridgehead atoms. The molecule has 1 saturated carbocycles. The average Bonchev–Trinajstić information content (AvgIpc) is 2.78. The van der Waals surface area contributed by atoms with Gasteiger partial charge in [0.05, 0.1) is 16.7 Å². The van der Waals surface area contributed by atoms with Crippen LogP contribution in [0.25, 0.3) is 0 Å². The number of nitrogens with one attached hydrogen (secondary N) is 2. The molecule has 0 saturated heterocycles. The number of aromatic nitrogens is 1. The predicted molar refractivity (Wildman–Crippen MR) is 87.6 cm³/mol. The van der Waals surface area contributed by atoms with Gasteiger partial charge in [0.15, 0.2) is 0 Å². The Morgan fingerprint density at radius 3 is 2.48 bits per heavy atom.